The van der Waals surface area contributed by atoms with E-state index in [0.29, 0.717) is 25.9 Å². The average molecular weight is 400 g/mol. The summed E-state index contributed by atoms with van der Waals surface area (Å²) >= 11 is 0. The van der Waals surface area contributed by atoms with Crippen molar-refractivity contribution < 1.29 is 9.59 Å². The number of carbonyl (C=O) groups is 2. The Labute approximate surface area is 175 Å². The van der Waals surface area contributed by atoms with Gasteiger partial charge in [0.2, 0.25) is 11.8 Å². The third-order valence-corrected chi connectivity index (χ3v) is 5.34. The smallest absolute Gasteiger partial charge is 0.246 e. The van der Waals surface area contributed by atoms with E-state index in [2.05, 4.69) is 15.5 Å². The standard InChI is InChI=1S/C24H24N4O2/c29-23(10-9-18-5-2-1-3-6-18)28-15-12-19(13-16-28)24(30)26-21-8-4-7-20(17-21)22-11-14-25-27-22/h1-11,14,17,19H,12-13,15-16H2,(H,25,27)(H,26,30)/b10-9+. The lowest BCUT2D eigenvalue weighted by Gasteiger charge is -2.30. The molecule has 6 heteroatoms. The van der Waals surface area contributed by atoms with Gasteiger partial charge in [0.1, 0.15) is 0 Å². The molecule has 4 rings (SSSR count). The maximum absolute atomic E-state index is 12.7. The molecule has 2 amide bonds. The second kappa shape index (κ2) is 9.22. The van der Waals surface area contributed by atoms with Gasteiger partial charge in [-0.3, -0.25) is 14.7 Å². The van der Waals surface area contributed by atoms with Gasteiger partial charge in [0.15, 0.2) is 0 Å². The molecule has 1 fully saturated rings. The van der Waals surface area contributed by atoms with E-state index in [1.807, 2.05) is 71.6 Å². The van der Waals surface area contributed by atoms with Crippen molar-refractivity contribution in [2.24, 2.45) is 5.92 Å². The first kappa shape index (κ1) is 19.6. The predicted molar refractivity (Wildman–Crippen MR) is 117 cm³/mol. The van der Waals surface area contributed by atoms with Crippen LogP contribution in [0.1, 0.15) is 18.4 Å². The molecule has 1 aromatic heterocycles. The number of H-pyrrole nitrogens is 1. The Morgan fingerprint density at radius 3 is 2.57 bits per heavy atom. The van der Waals surface area contributed by atoms with Crippen molar-refractivity contribution in [1.29, 1.82) is 0 Å². The second-order valence-corrected chi connectivity index (χ2v) is 7.38. The summed E-state index contributed by atoms with van der Waals surface area (Å²) in [6, 6.07) is 19.3. The minimum absolute atomic E-state index is 0.00341. The summed E-state index contributed by atoms with van der Waals surface area (Å²) in [6.07, 6.45) is 6.46. The van der Waals surface area contributed by atoms with Crippen LogP contribution in [-0.4, -0.2) is 40.0 Å². The van der Waals surface area contributed by atoms with E-state index >= 15 is 0 Å². The molecule has 2 N–H and O–H groups in total. The van der Waals surface area contributed by atoms with Crippen molar-refractivity contribution in [1.82, 2.24) is 15.1 Å². The van der Waals surface area contributed by atoms with Crippen molar-refractivity contribution in [3.05, 3.63) is 78.5 Å². The number of hydrogen-bond donors (Lipinski definition) is 2. The Morgan fingerprint density at radius 2 is 1.83 bits per heavy atom. The molecule has 1 aliphatic heterocycles. The van der Waals surface area contributed by atoms with E-state index in [0.717, 1.165) is 22.5 Å². The summed E-state index contributed by atoms with van der Waals surface area (Å²) in [5.74, 6) is -0.100. The third-order valence-electron chi connectivity index (χ3n) is 5.34. The van der Waals surface area contributed by atoms with Crippen LogP contribution in [0.15, 0.2) is 72.9 Å². The second-order valence-electron chi connectivity index (χ2n) is 7.38. The van der Waals surface area contributed by atoms with Gasteiger partial charge in [0.25, 0.3) is 0 Å². The minimum atomic E-state index is -0.0945. The highest BCUT2D eigenvalue weighted by Crippen LogP contribution is 2.23. The van der Waals surface area contributed by atoms with Gasteiger partial charge >= 0.3 is 0 Å². The minimum Gasteiger partial charge on any atom is -0.339 e. The van der Waals surface area contributed by atoms with Gasteiger partial charge < -0.3 is 10.2 Å². The van der Waals surface area contributed by atoms with E-state index in [4.69, 9.17) is 0 Å². The van der Waals surface area contributed by atoms with Crippen LogP contribution in [0.5, 0.6) is 0 Å². The number of hydrogen-bond acceptors (Lipinski definition) is 3. The molecule has 1 saturated heterocycles. The fraction of sp³-hybridized carbons (Fsp3) is 0.208. The lowest BCUT2D eigenvalue weighted by molar-refractivity contribution is -0.130. The van der Waals surface area contributed by atoms with E-state index < -0.39 is 0 Å². The fourth-order valence-electron chi connectivity index (χ4n) is 3.62. The molecule has 0 spiro atoms. The van der Waals surface area contributed by atoms with Crippen LogP contribution in [0.4, 0.5) is 5.69 Å². The van der Waals surface area contributed by atoms with Crippen molar-refractivity contribution in [2.45, 2.75) is 12.8 Å². The van der Waals surface area contributed by atoms with Crippen molar-refractivity contribution in [3.63, 3.8) is 0 Å². The van der Waals surface area contributed by atoms with Gasteiger partial charge in [-0.2, -0.15) is 5.10 Å². The van der Waals surface area contributed by atoms with Gasteiger partial charge in [-0.15, -0.1) is 0 Å². The van der Waals surface area contributed by atoms with Crippen LogP contribution < -0.4 is 5.32 Å². The number of nitrogens with one attached hydrogen (secondary N) is 2. The summed E-state index contributed by atoms with van der Waals surface area (Å²) in [7, 11) is 0. The monoisotopic (exact) mass is 400 g/mol. The molecule has 0 bridgehead atoms. The number of likely N-dealkylation sites (tertiary alicyclic amines) is 1. The van der Waals surface area contributed by atoms with Crippen LogP contribution in [-0.2, 0) is 9.59 Å². The highest BCUT2D eigenvalue weighted by molar-refractivity contribution is 5.94. The average Bonchev–Trinajstić information content (AvgIpc) is 3.33. The number of anilines is 1. The molecular weight excluding hydrogens is 376 g/mol. The molecule has 2 heterocycles. The van der Waals surface area contributed by atoms with E-state index in [1.165, 1.54) is 0 Å². The van der Waals surface area contributed by atoms with Crippen LogP contribution in [0, 0.1) is 5.92 Å². The Hall–Kier alpha value is -3.67. The molecule has 2 aromatic carbocycles. The summed E-state index contributed by atoms with van der Waals surface area (Å²) in [5.41, 5.74) is 3.63. The van der Waals surface area contributed by atoms with Crippen molar-refractivity contribution >= 4 is 23.6 Å². The zero-order chi connectivity index (χ0) is 20.8. The number of benzene rings is 2. The zero-order valence-electron chi connectivity index (χ0n) is 16.6. The number of aromatic nitrogens is 2. The topological polar surface area (TPSA) is 78.1 Å². The summed E-state index contributed by atoms with van der Waals surface area (Å²) < 4.78 is 0. The van der Waals surface area contributed by atoms with Gasteiger partial charge in [0, 0.05) is 42.5 Å². The summed E-state index contributed by atoms with van der Waals surface area (Å²) in [4.78, 5) is 26.9. The largest absolute Gasteiger partial charge is 0.339 e. The molecule has 30 heavy (non-hydrogen) atoms. The third kappa shape index (κ3) is 4.84. The Bertz CT molecular complexity index is 1020. The number of aromatic amines is 1. The molecule has 6 nitrogen and oxygen atoms in total. The number of nitrogens with zero attached hydrogens (tertiary/aromatic N) is 2. The molecule has 1 aliphatic rings. The van der Waals surface area contributed by atoms with Gasteiger partial charge in [-0.25, -0.2) is 0 Å². The van der Waals surface area contributed by atoms with Crippen molar-refractivity contribution in [2.75, 3.05) is 18.4 Å². The molecular formula is C24H24N4O2. The first-order valence-electron chi connectivity index (χ1n) is 10.1. The van der Waals surface area contributed by atoms with Crippen LogP contribution in [0.3, 0.4) is 0 Å². The molecule has 3 aromatic rings. The lowest BCUT2D eigenvalue weighted by atomic mass is 9.95. The lowest BCUT2D eigenvalue weighted by Crippen LogP contribution is -2.40. The van der Waals surface area contributed by atoms with Crippen LogP contribution >= 0.6 is 0 Å². The zero-order valence-corrected chi connectivity index (χ0v) is 16.6. The Morgan fingerprint density at radius 1 is 1.03 bits per heavy atom. The van der Waals surface area contributed by atoms with Gasteiger partial charge in [-0.05, 0) is 42.7 Å². The van der Waals surface area contributed by atoms with Gasteiger partial charge in [0.05, 0.1) is 5.69 Å². The van der Waals surface area contributed by atoms with Crippen LogP contribution in [0.25, 0.3) is 17.3 Å². The predicted octanol–water partition coefficient (Wildman–Crippen LogP) is 3.97. The van der Waals surface area contributed by atoms with E-state index in [1.54, 1.807) is 12.3 Å². The molecule has 152 valence electrons. The first-order valence-corrected chi connectivity index (χ1v) is 10.1. The SMILES string of the molecule is O=C(Nc1cccc(-c2ccn[nH]2)c1)C1CCN(C(=O)/C=C/c2ccccc2)CC1. The van der Waals surface area contributed by atoms with E-state index in [-0.39, 0.29) is 17.7 Å². The molecule has 0 radical (unpaired) electrons. The number of carbonyl (C=O) groups excluding carboxylic acids is 2. The number of rotatable bonds is 5. The summed E-state index contributed by atoms with van der Waals surface area (Å²) in [6.45, 7) is 1.18. The summed E-state index contributed by atoms with van der Waals surface area (Å²) in [5, 5.41) is 9.91. The molecule has 0 unspecified atom stereocenters. The highest BCUT2D eigenvalue weighted by atomic mass is 16.2. The van der Waals surface area contributed by atoms with E-state index in [9.17, 15) is 9.59 Å². The fourth-order valence-corrected chi connectivity index (χ4v) is 3.62. The quantitative estimate of drug-likeness (QED) is 0.636. The molecule has 0 saturated carbocycles. The Balaban J connectivity index is 1.30. The first-order chi connectivity index (χ1) is 14.7. The van der Waals surface area contributed by atoms with Crippen molar-refractivity contribution in [3.8, 4) is 11.3 Å². The van der Waals surface area contributed by atoms with Gasteiger partial charge in [-0.1, -0.05) is 42.5 Å². The normalized spacial score (nSPS) is 14.7. The number of piperidine rings is 1. The van der Waals surface area contributed by atoms with Crippen LogP contribution in [0.2, 0.25) is 0 Å². The molecule has 0 aliphatic carbocycles. The maximum Gasteiger partial charge on any atom is 0.246 e. The highest BCUT2D eigenvalue weighted by Gasteiger charge is 2.26. The molecule has 0 atom stereocenters. The number of amides is 2. The maximum atomic E-state index is 12.7. The Kier molecular flexibility index (Phi) is 6.03.